The molecule has 4 heteroatoms. The number of fused-ring (bicyclic) bond motifs is 1. The fourth-order valence-electron chi connectivity index (χ4n) is 2.98. The van der Waals surface area contributed by atoms with Gasteiger partial charge < -0.3 is 14.0 Å². The molecular formula is C21H19NO3. The highest BCUT2D eigenvalue weighted by atomic mass is 16.5. The molecule has 4 nitrogen and oxygen atoms in total. The molecule has 126 valence electrons. The molecular weight excluding hydrogens is 314 g/mol. The van der Waals surface area contributed by atoms with Crippen molar-refractivity contribution >= 4 is 16.9 Å². The Balaban J connectivity index is 2.25. The summed E-state index contributed by atoms with van der Waals surface area (Å²) in [7, 11) is 0. The number of rotatable bonds is 5. The molecule has 2 aromatic carbocycles. The van der Waals surface area contributed by atoms with Crippen molar-refractivity contribution < 1.29 is 14.3 Å². The molecule has 0 spiro atoms. The molecule has 0 unspecified atom stereocenters. The van der Waals surface area contributed by atoms with E-state index in [9.17, 15) is 4.79 Å². The van der Waals surface area contributed by atoms with Gasteiger partial charge in [0.2, 0.25) is 0 Å². The third kappa shape index (κ3) is 3.09. The average Bonchev–Trinajstić information content (AvgIpc) is 2.92. The number of ether oxygens (including phenoxy) is 2. The zero-order chi connectivity index (χ0) is 17.8. The molecule has 0 saturated carbocycles. The van der Waals surface area contributed by atoms with Crippen LogP contribution in [0.1, 0.15) is 23.0 Å². The normalized spacial score (nSPS) is 10.4. The number of terminal acetylenes is 1. The second-order valence-electron chi connectivity index (χ2n) is 5.52. The van der Waals surface area contributed by atoms with Gasteiger partial charge in [-0.25, -0.2) is 4.79 Å². The van der Waals surface area contributed by atoms with Gasteiger partial charge in [0, 0.05) is 16.8 Å². The van der Waals surface area contributed by atoms with E-state index < -0.39 is 0 Å². The number of esters is 1. The average molecular weight is 333 g/mol. The molecule has 3 aromatic rings. The van der Waals surface area contributed by atoms with Gasteiger partial charge in [-0.3, -0.25) is 0 Å². The Bertz CT molecular complexity index is 949. The van der Waals surface area contributed by atoms with Crippen molar-refractivity contribution in [2.24, 2.45) is 0 Å². The molecule has 0 fully saturated rings. The van der Waals surface area contributed by atoms with Gasteiger partial charge in [-0.1, -0.05) is 24.1 Å². The SMILES string of the molecule is C#CCOc1ccc2c(c1)c(C(=O)OCC)c(C)n2-c1ccccc1. The van der Waals surface area contributed by atoms with E-state index in [1.807, 2.05) is 60.0 Å². The van der Waals surface area contributed by atoms with Gasteiger partial charge in [0.05, 0.1) is 17.7 Å². The lowest BCUT2D eigenvalue weighted by Crippen LogP contribution is -2.07. The second-order valence-corrected chi connectivity index (χ2v) is 5.52. The predicted octanol–water partition coefficient (Wildman–Crippen LogP) is 4.13. The summed E-state index contributed by atoms with van der Waals surface area (Å²) in [4.78, 5) is 12.5. The lowest BCUT2D eigenvalue weighted by molar-refractivity contribution is 0.0527. The van der Waals surface area contributed by atoms with Crippen LogP contribution in [0, 0.1) is 19.3 Å². The van der Waals surface area contributed by atoms with E-state index in [4.69, 9.17) is 15.9 Å². The first kappa shape index (κ1) is 16.7. The first-order chi connectivity index (χ1) is 12.2. The van der Waals surface area contributed by atoms with E-state index >= 15 is 0 Å². The summed E-state index contributed by atoms with van der Waals surface area (Å²) >= 11 is 0. The van der Waals surface area contributed by atoms with E-state index in [2.05, 4.69) is 5.92 Å². The Kier molecular flexibility index (Phi) is 4.76. The van der Waals surface area contributed by atoms with E-state index in [-0.39, 0.29) is 12.6 Å². The predicted molar refractivity (Wildman–Crippen MR) is 98.3 cm³/mol. The van der Waals surface area contributed by atoms with Crippen LogP contribution < -0.4 is 4.74 Å². The first-order valence-corrected chi connectivity index (χ1v) is 8.11. The number of nitrogens with zero attached hydrogens (tertiary/aromatic N) is 1. The van der Waals surface area contributed by atoms with Crippen LogP contribution in [-0.2, 0) is 4.74 Å². The molecule has 0 aliphatic carbocycles. The Hall–Kier alpha value is -3.19. The van der Waals surface area contributed by atoms with Gasteiger partial charge in [0.25, 0.3) is 0 Å². The minimum absolute atomic E-state index is 0.179. The highest BCUT2D eigenvalue weighted by Gasteiger charge is 2.22. The summed E-state index contributed by atoms with van der Waals surface area (Å²) in [5, 5.41) is 0.786. The maximum Gasteiger partial charge on any atom is 0.340 e. The van der Waals surface area contributed by atoms with Crippen molar-refractivity contribution in [3.63, 3.8) is 0 Å². The monoisotopic (exact) mass is 333 g/mol. The number of carbonyl (C=O) groups is 1. The summed E-state index contributed by atoms with van der Waals surface area (Å²) in [6.45, 7) is 4.22. The minimum Gasteiger partial charge on any atom is -0.481 e. The molecule has 1 aromatic heterocycles. The zero-order valence-corrected chi connectivity index (χ0v) is 14.3. The van der Waals surface area contributed by atoms with Gasteiger partial charge in [-0.05, 0) is 44.2 Å². The van der Waals surface area contributed by atoms with Crippen molar-refractivity contribution in [2.75, 3.05) is 13.2 Å². The van der Waals surface area contributed by atoms with Crippen molar-refractivity contribution in [3.05, 3.63) is 59.8 Å². The molecule has 25 heavy (non-hydrogen) atoms. The lowest BCUT2D eigenvalue weighted by atomic mass is 10.1. The maximum absolute atomic E-state index is 12.5. The number of para-hydroxylation sites is 1. The Morgan fingerprint density at radius 1 is 1.20 bits per heavy atom. The maximum atomic E-state index is 12.5. The number of benzene rings is 2. The van der Waals surface area contributed by atoms with Gasteiger partial charge in [-0.2, -0.15) is 0 Å². The van der Waals surface area contributed by atoms with Crippen LogP contribution in [0.15, 0.2) is 48.5 Å². The summed E-state index contributed by atoms with van der Waals surface area (Å²) in [5.74, 6) is 2.73. The van der Waals surface area contributed by atoms with Crippen molar-refractivity contribution in [1.82, 2.24) is 4.57 Å². The molecule has 1 heterocycles. The molecule has 0 radical (unpaired) electrons. The number of aromatic nitrogens is 1. The van der Waals surface area contributed by atoms with E-state index in [0.29, 0.717) is 17.9 Å². The highest BCUT2D eigenvalue weighted by Crippen LogP contribution is 2.32. The summed E-state index contributed by atoms with van der Waals surface area (Å²) in [6.07, 6.45) is 5.26. The summed E-state index contributed by atoms with van der Waals surface area (Å²) in [6, 6.07) is 15.5. The van der Waals surface area contributed by atoms with Crippen LogP contribution in [0.4, 0.5) is 0 Å². The molecule has 0 amide bonds. The molecule has 3 rings (SSSR count). The van der Waals surface area contributed by atoms with E-state index in [0.717, 1.165) is 22.3 Å². The third-order valence-corrected chi connectivity index (χ3v) is 3.99. The third-order valence-electron chi connectivity index (χ3n) is 3.99. The quantitative estimate of drug-likeness (QED) is 0.521. The van der Waals surface area contributed by atoms with Gasteiger partial charge >= 0.3 is 5.97 Å². The van der Waals surface area contributed by atoms with Gasteiger partial charge in [-0.15, -0.1) is 6.42 Å². The van der Waals surface area contributed by atoms with Crippen LogP contribution in [0.3, 0.4) is 0 Å². The van der Waals surface area contributed by atoms with Crippen LogP contribution in [-0.4, -0.2) is 23.8 Å². The highest BCUT2D eigenvalue weighted by molar-refractivity contribution is 6.07. The van der Waals surface area contributed by atoms with Crippen molar-refractivity contribution in [1.29, 1.82) is 0 Å². The minimum atomic E-state index is -0.339. The molecule has 0 bridgehead atoms. The number of hydrogen-bond acceptors (Lipinski definition) is 3. The lowest BCUT2D eigenvalue weighted by Gasteiger charge is -2.09. The molecule has 0 N–H and O–H groups in total. The van der Waals surface area contributed by atoms with Crippen LogP contribution in [0.2, 0.25) is 0 Å². The van der Waals surface area contributed by atoms with Crippen molar-refractivity contribution in [2.45, 2.75) is 13.8 Å². The van der Waals surface area contributed by atoms with Crippen LogP contribution in [0.25, 0.3) is 16.6 Å². The van der Waals surface area contributed by atoms with Crippen LogP contribution in [0.5, 0.6) is 5.75 Å². The summed E-state index contributed by atoms with van der Waals surface area (Å²) in [5.41, 5.74) is 3.28. The molecule has 0 aliphatic rings. The Morgan fingerprint density at radius 2 is 1.96 bits per heavy atom. The standard InChI is InChI=1S/C21H19NO3/c1-4-13-25-17-11-12-19-18(14-17)20(21(23)24-5-2)15(3)22(19)16-9-7-6-8-10-16/h1,6-12,14H,5,13H2,2-3H3. The van der Waals surface area contributed by atoms with Crippen LogP contribution >= 0.6 is 0 Å². The molecule has 0 atom stereocenters. The van der Waals surface area contributed by atoms with Crippen molar-refractivity contribution in [3.8, 4) is 23.8 Å². The van der Waals surface area contributed by atoms with E-state index in [1.54, 1.807) is 6.92 Å². The number of hydrogen-bond donors (Lipinski definition) is 0. The fourth-order valence-corrected chi connectivity index (χ4v) is 2.98. The summed E-state index contributed by atoms with van der Waals surface area (Å²) < 4.78 is 12.8. The smallest absolute Gasteiger partial charge is 0.340 e. The Labute approximate surface area is 147 Å². The fraction of sp³-hybridized carbons (Fsp3) is 0.190. The van der Waals surface area contributed by atoms with E-state index in [1.165, 1.54) is 0 Å². The second kappa shape index (κ2) is 7.14. The first-order valence-electron chi connectivity index (χ1n) is 8.11. The topological polar surface area (TPSA) is 40.5 Å². The Morgan fingerprint density at radius 3 is 2.64 bits per heavy atom. The number of carbonyl (C=O) groups excluding carboxylic acids is 1. The molecule has 0 aliphatic heterocycles. The van der Waals surface area contributed by atoms with Gasteiger partial charge in [0.1, 0.15) is 12.4 Å². The molecule has 0 saturated heterocycles. The largest absolute Gasteiger partial charge is 0.481 e. The zero-order valence-electron chi connectivity index (χ0n) is 14.3. The van der Waals surface area contributed by atoms with Gasteiger partial charge in [0.15, 0.2) is 0 Å².